The number of ether oxygens (including phenoxy) is 1. The third-order valence-electron chi connectivity index (χ3n) is 2.41. The fraction of sp³-hybridized carbons (Fsp3) is 0.800. The summed E-state index contributed by atoms with van der Waals surface area (Å²) in [5.74, 6) is -0.127. The van der Waals surface area contributed by atoms with Crippen LogP contribution in [-0.2, 0) is 9.53 Å². The van der Waals surface area contributed by atoms with Crippen LogP contribution in [0.25, 0.3) is 0 Å². The van der Waals surface area contributed by atoms with Gasteiger partial charge in [0.05, 0.1) is 24.1 Å². The monoisotopic (exact) mass is 230 g/mol. The summed E-state index contributed by atoms with van der Waals surface area (Å²) in [6, 6.07) is 0. The molecule has 15 heavy (non-hydrogen) atoms. The molecule has 86 valence electrons. The number of carbonyl (C=O) groups is 1. The summed E-state index contributed by atoms with van der Waals surface area (Å²) in [6.07, 6.45) is 5.36. The standard InChI is InChI=1S/C10H18N2O2S/c11-9(15)7-10(13)12-5-6-14-8-3-1-2-4-8/h8H,1-7H2,(H2,11,15)(H,12,13). The zero-order valence-electron chi connectivity index (χ0n) is 8.83. The van der Waals surface area contributed by atoms with Gasteiger partial charge in [0.15, 0.2) is 0 Å². The van der Waals surface area contributed by atoms with Crippen LogP contribution in [-0.4, -0.2) is 30.2 Å². The Hall–Kier alpha value is -0.680. The Kier molecular flexibility index (Phi) is 5.57. The maximum atomic E-state index is 11.1. The molecule has 0 unspecified atom stereocenters. The average Bonchev–Trinajstić information content (AvgIpc) is 2.63. The summed E-state index contributed by atoms with van der Waals surface area (Å²) in [7, 11) is 0. The Labute approximate surface area is 95.5 Å². The van der Waals surface area contributed by atoms with Gasteiger partial charge in [0.25, 0.3) is 0 Å². The second kappa shape index (κ2) is 6.74. The molecular formula is C10H18N2O2S. The minimum Gasteiger partial charge on any atom is -0.393 e. The van der Waals surface area contributed by atoms with Gasteiger partial charge < -0.3 is 15.8 Å². The van der Waals surface area contributed by atoms with E-state index in [9.17, 15) is 4.79 Å². The molecule has 4 nitrogen and oxygen atoms in total. The van der Waals surface area contributed by atoms with E-state index in [1.54, 1.807) is 0 Å². The maximum absolute atomic E-state index is 11.1. The molecule has 1 amide bonds. The van der Waals surface area contributed by atoms with Crippen molar-refractivity contribution in [3.05, 3.63) is 0 Å². The van der Waals surface area contributed by atoms with Crippen molar-refractivity contribution < 1.29 is 9.53 Å². The maximum Gasteiger partial charge on any atom is 0.226 e. The van der Waals surface area contributed by atoms with Crippen LogP contribution in [0.15, 0.2) is 0 Å². The van der Waals surface area contributed by atoms with Crippen molar-refractivity contribution in [3.63, 3.8) is 0 Å². The van der Waals surface area contributed by atoms with Crippen molar-refractivity contribution in [2.45, 2.75) is 38.2 Å². The molecule has 1 rings (SSSR count). The smallest absolute Gasteiger partial charge is 0.226 e. The highest BCUT2D eigenvalue weighted by molar-refractivity contribution is 7.80. The zero-order valence-corrected chi connectivity index (χ0v) is 9.65. The lowest BCUT2D eigenvalue weighted by Gasteiger charge is -2.11. The molecule has 5 heteroatoms. The summed E-state index contributed by atoms with van der Waals surface area (Å²) < 4.78 is 5.58. The first-order valence-corrected chi connectivity index (χ1v) is 5.76. The third kappa shape index (κ3) is 5.69. The van der Waals surface area contributed by atoms with E-state index >= 15 is 0 Å². The van der Waals surface area contributed by atoms with E-state index in [1.165, 1.54) is 12.8 Å². The molecule has 1 aliphatic rings. The van der Waals surface area contributed by atoms with Crippen molar-refractivity contribution in [3.8, 4) is 0 Å². The first-order valence-electron chi connectivity index (χ1n) is 5.35. The molecule has 0 atom stereocenters. The van der Waals surface area contributed by atoms with E-state index in [4.69, 9.17) is 10.5 Å². The van der Waals surface area contributed by atoms with E-state index in [2.05, 4.69) is 17.5 Å². The molecule has 0 aromatic carbocycles. The van der Waals surface area contributed by atoms with Crippen LogP contribution in [0.5, 0.6) is 0 Å². The molecule has 0 heterocycles. The van der Waals surface area contributed by atoms with Gasteiger partial charge >= 0.3 is 0 Å². The fourth-order valence-electron chi connectivity index (χ4n) is 1.69. The molecule has 0 saturated heterocycles. The predicted molar refractivity (Wildman–Crippen MR) is 62.6 cm³/mol. The van der Waals surface area contributed by atoms with E-state index in [0.29, 0.717) is 19.3 Å². The summed E-state index contributed by atoms with van der Waals surface area (Å²) >= 11 is 4.62. The number of hydrogen-bond donors (Lipinski definition) is 2. The quantitative estimate of drug-likeness (QED) is 0.522. The van der Waals surface area contributed by atoms with Gasteiger partial charge in [0.1, 0.15) is 0 Å². The highest BCUT2D eigenvalue weighted by Gasteiger charge is 2.14. The summed E-state index contributed by atoms with van der Waals surface area (Å²) in [4.78, 5) is 11.3. The number of amides is 1. The van der Waals surface area contributed by atoms with Gasteiger partial charge in [0.2, 0.25) is 5.91 Å². The molecule has 0 aromatic rings. The van der Waals surface area contributed by atoms with Gasteiger partial charge in [0, 0.05) is 6.54 Å². The summed E-state index contributed by atoms with van der Waals surface area (Å²) in [5.41, 5.74) is 5.24. The van der Waals surface area contributed by atoms with Crippen LogP contribution in [0.2, 0.25) is 0 Å². The zero-order chi connectivity index (χ0) is 11.1. The van der Waals surface area contributed by atoms with Gasteiger partial charge in [-0.25, -0.2) is 0 Å². The van der Waals surface area contributed by atoms with Crippen molar-refractivity contribution in [2.24, 2.45) is 5.73 Å². The topological polar surface area (TPSA) is 64.4 Å². The molecule has 0 aromatic heterocycles. The number of nitrogens with two attached hydrogens (primary N) is 1. The lowest BCUT2D eigenvalue weighted by atomic mass is 10.3. The number of hydrogen-bond acceptors (Lipinski definition) is 3. The van der Waals surface area contributed by atoms with Crippen LogP contribution < -0.4 is 11.1 Å². The van der Waals surface area contributed by atoms with E-state index in [1.807, 2.05) is 0 Å². The molecule has 0 bridgehead atoms. The van der Waals surface area contributed by atoms with Gasteiger partial charge in [-0.3, -0.25) is 4.79 Å². The minimum atomic E-state index is -0.127. The molecule has 0 radical (unpaired) electrons. The van der Waals surface area contributed by atoms with Crippen LogP contribution in [0.3, 0.4) is 0 Å². The second-order valence-electron chi connectivity index (χ2n) is 3.77. The van der Waals surface area contributed by atoms with Crippen LogP contribution in [0.1, 0.15) is 32.1 Å². The van der Waals surface area contributed by atoms with Crippen molar-refractivity contribution in [2.75, 3.05) is 13.2 Å². The molecule has 1 saturated carbocycles. The molecule has 0 aliphatic heterocycles. The lowest BCUT2D eigenvalue weighted by molar-refractivity contribution is -0.120. The fourth-order valence-corrected chi connectivity index (χ4v) is 1.82. The first-order chi connectivity index (χ1) is 7.18. The Balaban J connectivity index is 1.96. The minimum absolute atomic E-state index is 0.124. The molecule has 0 spiro atoms. The Morgan fingerprint density at radius 3 is 2.73 bits per heavy atom. The largest absolute Gasteiger partial charge is 0.393 e. The number of rotatable bonds is 6. The second-order valence-corrected chi connectivity index (χ2v) is 4.29. The molecule has 1 aliphatic carbocycles. The van der Waals surface area contributed by atoms with E-state index < -0.39 is 0 Å². The number of nitrogens with one attached hydrogen (secondary N) is 1. The van der Waals surface area contributed by atoms with Crippen LogP contribution >= 0.6 is 12.2 Å². The molecule has 1 fully saturated rings. The van der Waals surface area contributed by atoms with Crippen molar-refractivity contribution in [1.82, 2.24) is 5.32 Å². The van der Waals surface area contributed by atoms with Crippen molar-refractivity contribution in [1.29, 1.82) is 0 Å². The van der Waals surface area contributed by atoms with Gasteiger partial charge in [-0.1, -0.05) is 25.1 Å². The highest BCUT2D eigenvalue weighted by Crippen LogP contribution is 2.20. The highest BCUT2D eigenvalue weighted by atomic mass is 32.1. The van der Waals surface area contributed by atoms with E-state index in [0.717, 1.165) is 12.8 Å². The van der Waals surface area contributed by atoms with Gasteiger partial charge in [-0.2, -0.15) is 0 Å². The number of carbonyl (C=O) groups excluding carboxylic acids is 1. The summed E-state index contributed by atoms with van der Waals surface area (Å²) in [5, 5.41) is 2.71. The Bertz CT molecular complexity index is 227. The molecule has 3 N–H and O–H groups in total. The van der Waals surface area contributed by atoms with Gasteiger partial charge in [-0.15, -0.1) is 0 Å². The molecular weight excluding hydrogens is 212 g/mol. The normalized spacial score (nSPS) is 16.5. The first kappa shape index (κ1) is 12.4. The number of thiocarbonyl (C=S) groups is 1. The van der Waals surface area contributed by atoms with Crippen LogP contribution in [0.4, 0.5) is 0 Å². The third-order valence-corrected chi connectivity index (χ3v) is 2.56. The Morgan fingerprint density at radius 1 is 1.47 bits per heavy atom. The van der Waals surface area contributed by atoms with Gasteiger partial charge in [-0.05, 0) is 12.8 Å². The summed E-state index contributed by atoms with van der Waals surface area (Å²) in [6.45, 7) is 1.12. The predicted octanol–water partition coefficient (Wildman–Crippen LogP) is 0.738. The van der Waals surface area contributed by atoms with Crippen LogP contribution in [0, 0.1) is 0 Å². The van der Waals surface area contributed by atoms with E-state index in [-0.39, 0.29) is 17.3 Å². The van der Waals surface area contributed by atoms with Crippen molar-refractivity contribution >= 4 is 23.1 Å². The SMILES string of the molecule is NC(=S)CC(=O)NCCOC1CCCC1. The Morgan fingerprint density at radius 2 is 2.13 bits per heavy atom. The average molecular weight is 230 g/mol. The lowest BCUT2D eigenvalue weighted by Crippen LogP contribution is -2.31.